The van der Waals surface area contributed by atoms with E-state index in [-0.39, 0.29) is 18.3 Å². The molecule has 1 amide bonds. The van der Waals surface area contributed by atoms with Gasteiger partial charge in [0.2, 0.25) is 0 Å². The van der Waals surface area contributed by atoms with Crippen LogP contribution >= 0.6 is 0 Å². The molecule has 0 saturated carbocycles. The Morgan fingerprint density at radius 1 is 1.43 bits per heavy atom. The largest absolute Gasteiger partial charge is 0.484 e. The molecule has 122 valence electrons. The van der Waals surface area contributed by atoms with E-state index in [2.05, 4.69) is 10.2 Å². The molecule has 0 radical (unpaired) electrons. The van der Waals surface area contributed by atoms with Crippen molar-refractivity contribution < 1.29 is 13.9 Å². The molecule has 1 saturated heterocycles. The van der Waals surface area contributed by atoms with E-state index >= 15 is 0 Å². The van der Waals surface area contributed by atoms with E-state index in [1.54, 1.807) is 0 Å². The zero-order valence-electron chi connectivity index (χ0n) is 13.1. The van der Waals surface area contributed by atoms with Crippen LogP contribution in [0.2, 0.25) is 0 Å². The highest BCUT2D eigenvalue weighted by molar-refractivity contribution is 5.78. The zero-order valence-corrected chi connectivity index (χ0v) is 13.1. The molecule has 0 bridgehead atoms. The molecule has 0 unspecified atom stereocenters. The fourth-order valence-corrected chi connectivity index (χ4v) is 2.98. The first kappa shape index (κ1) is 15.5. The molecule has 2 heterocycles. The maximum Gasteiger partial charge on any atom is 0.260 e. The number of aromatic amines is 1. The van der Waals surface area contributed by atoms with Crippen molar-refractivity contribution >= 4 is 5.91 Å². The lowest BCUT2D eigenvalue weighted by atomic mass is 9.93. The van der Waals surface area contributed by atoms with E-state index in [1.165, 1.54) is 24.3 Å². The Balaban J connectivity index is 1.56. The lowest BCUT2D eigenvalue weighted by Crippen LogP contribution is -2.41. The van der Waals surface area contributed by atoms with E-state index in [0.29, 0.717) is 18.2 Å². The van der Waals surface area contributed by atoms with Gasteiger partial charge >= 0.3 is 0 Å². The number of carbonyl (C=O) groups is 1. The molecule has 0 aliphatic carbocycles. The Morgan fingerprint density at radius 2 is 2.22 bits per heavy atom. The smallest absolute Gasteiger partial charge is 0.260 e. The summed E-state index contributed by atoms with van der Waals surface area (Å²) in [4.78, 5) is 14.2. The number of nitrogens with one attached hydrogen (secondary N) is 1. The summed E-state index contributed by atoms with van der Waals surface area (Å²) in [6.45, 7) is 3.42. The summed E-state index contributed by atoms with van der Waals surface area (Å²) in [7, 11) is 0. The molecule has 1 aromatic heterocycles. The topological polar surface area (TPSA) is 58.2 Å². The van der Waals surface area contributed by atoms with Gasteiger partial charge in [-0.25, -0.2) is 4.39 Å². The number of nitrogens with zero attached hydrogens (tertiary/aromatic N) is 2. The van der Waals surface area contributed by atoms with Gasteiger partial charge in [0.1, 0.15) is 11.6 Å². The highest BCUT2D eigenvalue weighted by atomic mass is 19.1. The van der Waals surface area contributed by atoms with Gasteiger partial charge in [-0.15, -0.1) is 0 Å². The molecule has 1 aliphatic heterocycles. The van der Waals surface area contributed by atoms with Crippen LogP contribution in [0.3, 0.4) is 0 Å². The first-order chi connectivity index (χ1) is 11.1. The van der Waals surface area contributed by atoms with Crippen LogP contribution in [0.15, 0.2) is 30.5 Å². The van der Waals surface area contributed by atoms with E-state index in [4.69, 9.17) is 4.74 Å². The SMILES string of the molecule is Cc1cn[nH]c1[C@H]1CCCN(C(=O)COc2ccc(F)cc2)C1. The van der Waals surface area contributed by atoms with Crippen molar-refractivity contribution in [1.29, 1.82) is 0 Å². The van der Waals surface area contributed by atoms with Crippen molar-refractivity contribution in [2.45, 2.75) is 25.7 Å². The molecule has 0 spiro atoms. The number of aromatic nitrogens is 2. The van der Waals surface area contributed by atoms with Gasteiger partial charge < -0.3 is 9.64 Å². The van der Waals surface area contributed by atoms with Crippen LogP contribution in [0.1, 0.15) is 30.0 Å². The van der Waals surface area contributed by atoms with Crippen LogP contribution in [-0.2, 0) is 4.79 Å². The van der Waals surface area contributed by atoms with Crippen LogP contribution < -0.4 is 4.74 Å². The molecular formula is C17H20FN3O2. The first-order valence-corrected chi connectivity index (χ1v) is 7.79. The quantitative estimate of drug-likeness (QED) is 0.943. The predicted octanol–water partition coefficient (Wildman–Crippen LogP) is 2.64. The summed E-state index contributed by atoms with van der Waals surface area (Å²) in [6, 6.07) is 5.68. The van der Waals surface area contributed by atoms with Crippen LogP contribution in [0.25, 0.3) is 0 Å². The summed E-state index contributed by atoms with van der Waals surface area (Å²) >= 11 is 0. The van der Waals surface area contributed by atoms with E-state index < -0.39 is 0 Å². The lowest BCUT2D eigenvalue weighted by Gasteiger charge is -2.32. The number of rotatable bonds is 4. The maximum atomic E-state index is 12.8. The van der Waals surface area contributed by atoms with Crippen molar-refractivity contribution in [2.24, 2.45) is 0 Å². The number of halogens is 1. The Morgan fingerprint density at radius 3 is 2.91 bits per heavy atom. The normalized spacial score (nSPS) is 18.0. The third-order valence-electron chi connectivity index (χ3n) is 4.23. The number of hydrogen-bond donors (Lipinski definition) is 1. The van der Waals surface area contributed by atoms with Crippen LogP contribution in [0.4, 0.5) is 4.39 Å². The second-order valence-corrected chi connectivity index (χ2v) is 5.89. The summed E-state index contributed by atoms with van der Waals surface area (Å²) in [5, 5.41) is 7.11. The third-order valence-corrected chi connectivity index (χ3v) is 4.23. The fourth-order valence-electron chi connectivity index (χ4n) is 2.98. The van der Waals surface area contributed by atoms with Crippen molar-refractivity contribution in [3.05, 3.63) is 47.5 Å². The molecule has 3 rings (SSSR count). The molecule has 1 N–H and O–H groups in total. The zero-order chi connectivity index (χ0) is 16.2. The van der Waals surface area contributed by atoms with Gasteiger partial charge in [-0.3, -0.25) is 9.89 Å². The summed E-state index contributed by atoms with van der Waals surface area (Å²) in [5.41, 5.74) is 2.24. The van der Waals surface area contributed by atoms with Crippen LogP contribution in [0.5, 0.6) is 5.75 Å². The molecule has 2 aromatic rings. The monoisotopic (exact) mass is 317 g/mol. The standard InChI is InChI=1S/C17H20FN3O2/c1-12-9-19-20-17(12)13-3-2-8-21(10-13)16(22)11-23-15-6-4-14(18)5-7-15/h4-7,9,13H,2-3,8,10-11H2,1H3,(H,19,20)/t13-/m0/s1. The minimum absolute atomic E-state index is 0.0275. The molecule has 1 atom stereocenters. The van der Waals surface area contributed by atoms with E-state index in [0.717, 1.165) is 30.6 Å². The summed E-state index contributed by atoms with van der Waals surface area (Å²) in [5.74, 6) is 0.424. The molecule has 5 nitrogen and oxygen atoms in total. The number of benzene rings is 1. The highest BCUT2D eigenvalue weighted by Crippen LogP contribution is 2.27. The number of hydrogen-bond acceptors (Lipinski definition) is 3. The third kappa shape index (κ3) is 3.70. The fraction of sp³-hybridized carbons (Fsp3) is 0.412. The van der Waals surface area contributed by atoms with Gasteiger partial charge in [0, 0.05) is 24.7 Å². The van der Waals surface area contributed by atoms with Gasteiger partial charge in [-0.05, 0) is 49.6 Å². The minimum atomic E-state index is -0.322. The van der Waals surface area contributed by atoms with Gasteiger partial charge in [-0.2, -0.15) is 5.10 Å². The highest BCUT2D eigenvalue weighted by Gasteiger charge is 2.26. The average molecular weight is 317 g/mol. The number of aryl methyl sites for hydroxylation is 1. The Bertz CT molecular complexity index is 669. The van der Waals surface area contributed by atoms with E-state index in [9.17, 15) is 9.18 Å². The second kappa shape index (κ2) is 6.81. The number of H-pyrrole nitrogens is 1. The minimum Gasteiger partial charge on any atom is -0.484 e. The predicted molar refractivity (Wildman–Crippen MR) is 83.8 cm³/mol. The molecule has 6 heteroatoms. The van der Waals surface area contributed by atoms with Gasteiger partial charge in [0.05, 0.1) is 6.20 Å². The van der Waals surface area contributed by atoms with Gasteiger partial charge in [-0.1, -0.05) is 0 Å². The van der Waals surface area contributed by atoms with Crippen molar-refractivity contribution in [2.75, 3.05) is 19.7 Å². The second-order valence-electron chi connectivity index (χ2n) is 5.89. The number of amides is 1. The van der Waals surface area contributed by atoms with Crippen LogP contribution in [0, 0.1) is 12.7 Å². The summed E-state index contributed by atoms with van der Waals surface area (Å²) < 4.78 is 18.3. The summed E-state index contributed by atoms with van der Waals surface area (Å²) in [6.07, 6.45) is 3.82. The Kier molecular flexibility index (Phi) is 4.60. The number of carbonyl (C=O) groups excluding carboxylic acids is 1. The average Bonchev–Trinajstić information content (AvgIpc) is 3.00. The maximum absolute atomic E-state index is 12.8. The lowest BCUT2D eigenvalue weighted by molar-refractivity contribution is -0.134. The van der Waals surface area contributed by atoms with Gasteiger partial charge in [0.15, 0.2) is 6.61 Å². The Hall–Kier alpha value is -2.37. The molecule has 1 fully saturated rings. The van der Waals surface area contributed by atoms with Crippen molar-refractivity contribution in [3.8, 4) is 5.75 Å². The van der Waals surface area contributed by atoms with Gasteiger partial charge in [0.25, 0.3) is 5.91 Å². The molecular weight excluding hydrogens is 297 g/mol. The Labute approximate surface area is 134 Å². The number of piperidine rings is 1. The van der Waals surface area contributed by atoms with Crippen LogP contribution in [-0.4, -0.2) is 40.7 Å². The van der Waals surface area contributed by atoms with Crippen molar-refractivity contribution in [1.82, 2.24) is 15.1 Å². The molecule has 1 aliphatic rings. The molecule has 1 aromatic carbocycles. The molecule has 23 heavy (non-hydrogen) atoms. The number of likely N-dealkylation sites (tertiary alicyclic amines) is 1. The van der Waals surface area contributed by atoms with Crippen molar-refractivity contribution in [3.63, 3.8) is 0 Å². The van der Waals surface area contributed by atoms with E-state index in [1.807, 2.05) is 18.0 Å². The first-order valence-electron chi connectivity index (χ1n) is 7.79. The number of ether oxygens (including phenoxy) is 1.